The van der Waals surface area contributed by atoms with Crippen LogP contribution in [0.25, 0.3) is 0 Å². The topological polar surface area (TPSA) is 157 Å². The van der Waals surface area contributed by atoms with E-state index in [1.54, 1.807) is 47.6 Å². The van der Waals surface area contributed by atoms with Gasteiger partial charge in [0.2, 0.25) is 17.7 Å². The fourth-order valence-electron chi connectivity index (χ4n) is 5.40. The number of rotatable bonds is 13. The number of ether oxygens (including phenoxy) is 2. The molecule has 2 aromatic rings. The van der Waals surface area contributed by atoms with Gasteiger partial charge in [-0.05, 0) is 103 Å². The SMILES string of the molecule is Cc1ccc(C(C(=O)NC(Cc2ccccc2)C(=O)OC(C)(C)C)N(C(=O)C(CCC(N)=O)NC(=O)OC(C)(C)C)C2CCC2)cc1C. The molecular weight excluding hydrogens is 612 g/mol. The molecule has 262 valence electrons. The average molecular weight is 665 g/mol. The zero-order chi connectivity index (χ0) is 35.8. The van der Waals surface area contributed by atoms with Crippen LogP contribution in [-0.4, -0.2) is 64.0 Å². The molecule has 0 aliphatic heterocycles. The van der Waals surface area contributed by atoms with Gasteiger partial charge in [-0.15, -0.1) is 0 Å². The van der Waals surface area contributed by atoms with E-state index in [1.807, 2.05) is 56.3 Å². The van der Waals surface area contributed by atoms with Crippen molar-refractivity contribution in [2.24, 2.45) is 5.73 Å². The molecule has 0 bridgehead atoms. The first-order valence-corrected chi connectivity index (χ1v) is 16.6. The lowest BCUT2D eigenvalue weighted by atomic mass is 9.87. The van der Waals surface area contributed by atoms with Crippen LogP contribution in [0, 0.1) is 13.8 Å². The molecule has 3 rings (SSSR count). The predicted molar refractivity (Wildman–Crippen MR) is 183 cm³/mol. The minimum absolute atomic E-state index is 0.0908. The van der Waals surface area contributed by atoms with Crippen molar-refractivity contribution in [3.8, 4) is 0 Å². The molecule has 0 aromatic heterocycles. The first kappa shape index (κ1) is 38.0. The number of esters is 1. The summed E-state index contributed by atoms with van der Waals surface area (Å²) in [4.78, 5) is 69.0. The van der Waals surface area contributed by atoms with Crippen molar-refractivity contribution in [1.29, 1.82) is 0 Å². The van der Waals surface area contributed by atoms with Gasteiger partial charge in [0.05, 0.1) is 0 Å². The van der Waals surface area contributed by atoms with Gasteiger partial charge >= 0.3 is 12.1 Å². The molecule has 0 spiro atoms. The predicted octanol–water partition coefficient (Wildman–Crippen LogP) is 4.95. The lowest BCUT2D eigenvalue weighted by Crippen LogP contribution is -2.58. The summed E-state index contributed by atoms with van der Waals surface area (Å²) in [6.07, 6.45) is 1.17. The minimum atomic E-state index is -1.21. The molecule has 0 saturated heterocycles. The van der Waals surface area contributed by atoms with Gasteiger partial charge in [-0.2, -0.15) is 0 Å². The highest BCUT2D eigenvalue weighted by atomic mass is 16.6. The number of carbonyl (C=O) groups excluding carboxylic acids is 5. The van der Waals surface area contributed by atoms with Crippen LogP contribution in [0.2, 0.25) is 0 Å². The number of aryl methyl sites for hydroxylation is 2. The Morgan fingerprint density at radius 2 is 1.48 bits per heavy atom. The summed E-state index contributed by atoms with van der Waals surface area (Å²) in [5, 5.41) is 5.56. The van der Waals surface area contributed by atoms with Crippen molar-refractivity contribution >= 4 is 29.8 Å². The maximum atomic E-state index is 14.6. The van der Waals surface area contributed by atoms with Gasteiger partial charge in [-0.3, -0.25) is 14.4 Å². The number of amides is 4. The number of carbonyl (C=O) groups is 5. The van der Waals surface area contributed by atoms with Crippen molar-refractivity contribution < 1.29 is 33.4 Å². The molecule has 2 aromatic carbocycles. The molecule has 1 aliphatic rings. The molecular formula is C37H52N4O7. The highest BCUT2D eigenvalue weighted by molar-refractivity contribution is 5.94. The Morgan fingerprint density at radius 3 is 2.00 bits per heavy atom. The quantitative estimate of drug-likeness (QED) is 0.256. The molecule has 11 heteroatoms. The highest BCUT2D eigenvalue weighted by Crippen LogP contribution is 2.35. The maximum Gasteiger partial charge on any atom is 0.408 e. The van der Waals surface area contributed by atoms with Crippen LogP contribution in [0.5, 0.6) is 0 Å². The van der Waals surface area contributed by atoms with Crippen molar-refractivity contribution in [2.75, 3.05) is 0 Å². The van der Waals surface area contributed by atoms with Crippen LogP contribution in [0.15, 0.2) is 48.5 Å². The Labute approximate surface area is 284 Å². The molecule has 1 aliphatic carbocycles. The smallest absolute Gasteiger partial charge is 0.408 e. The summed E-state index contributed by atoms with van der Waals surface area (Å²) in [5.74, 6) is -2.37. The van der Waals surface area contributed by atoms with Crippen LogP contribution in [0.1, 0.15) is 102 Å². The third-order valence-corrected chi connectivity index (χ3v) is 8.05. The molecule has 1 saturated carbocycles. The number of alkyl carbamates (subject to hydrolysis) is 1. The minimum Gasteiger partial charge on any atom is -0.458 e. The van der Waals surface area contributed by atoms with E-state index >= 15 is 0 Å². The van der Waals surface area contributed by atoms with E-state index in [1.165, 1.54) is 4.90 Å². The van der Waals surface area contributed by atoms with Crippen LogP contribution >= 0.6 is 0 Å². The number of primary amides is 1. The number of hydrogen-bond donors (Lipinski definition) is 3. The number of hydrogen-bond acceptors (Lipinski definition) is 7. The monoisotopic (exact) mass is 664 g/mol. The van der Waals surface area contributed by atoms with Gasteiger partial charge in [-0.1, -0.05) is 48.5 Å². The third-order valence-electron chi connectivity index (χ3n) is 8.05. The fraction of sp³-hybridized carbons (Fsp3) is 0.541. The van der Waals surface area contributed by atoms with Crippen molar-refractivity contribution in [1.82, 2.24) is 15.5 Å². The van der Waals surface area contributed by atoms with E-state index < -0.39 is 59.1 Å². The summed E-state index contributed by atoms with van der Waals surface area (Å²) >= 11 is 0. The van der Waals surface area contributed by atoms with Crippen molar-refractivity contribution in [3.63, 3.8) is 0 Å². The standard InChI is InChI=1S/C37H52N4O7/c1-23-17-18-26(21-24(23)2)31(32(43)39-29(34(45)47-36(3,4)5)22-25-13-10-9-11-14-25)41(27-15-12-16-27)33(44)28(19-20-30(38)42)40-35(46)48-37(6,7)8/h9-11,13-14,17-18,21,27-29,31H,12,15-16,19-20,22H2,1-8H3,(H2,38,42)(H,39,43)(H,40,46). The Bertz CT molecular complexity index is 1460. The Balaban J connectivity index is 2.10. The second-order valence-electron chi connectivity index (χ2n) is 14.6. The Kier molecular flexibility index (Phi) is 12.8. The van der Waals surface area contributed by atoms with Gasteiger partial charge in [0, 0.05) is 18.9 Å². The number of benzene rings is 2. The molecule has 3 unspecified atom stereocenters. The summed E-state index contributed by atoms with van der Waals surface area (Å²) in [6, 6.07) is 11.1. The zero-order valence-corrected chi connectivity index (χ0v) is 29.6. The van der Waals surface area contributed by atoms with Crippen LogP contribution in [-0.2, 0) is 35.1 Å². The number of nitrogens with one attached hydrogen (secondary N) is 2. The average Bonchev–Trinajstić information content (AvgIpc) is 2.93. The molecule has 4 amide bonds. The van der Waals surface area contributed by atoms with Gasteiger partial charge in [0.15, 0.2) is 0 Å². The second kappa shape index (κ2) is 16.1. The number of nitrogens with zero attached hydrogens (tertiary/aromatic N) is 1. The van der Waals surface area contributed by atoms with E-state index in [4.69, 9.17) is 15.2 Å². The largest absolute Gasteiger partial charge is 0.458 e. The molecule has 48 heavy (non-hydrogen) atoms. The van der Waals surface area contributed by atoms with Gasteiger partial charge in [-0.25, -0.2) is 9.59 Å². The first-order chi connectivity index (χ1) is 22.3. The fourth-order valence-corrected chi connectivity index (χ4v) is 5.40. The molecule has 11 nitrogen and oxygen atoms in total. The Morgan fingerprint density at radius 1 is 0.854 bits per heavy atom. The van der Waals surface area contributed by atoms with Gasteiger partial charge in [0.1, 0.15) is 29.3 Å². The lowest BCUT2D eigenvalue weighted by molar-refractivity contribution is -0.159. The Hall–Kier alpha value is -4.41. The lowest BCUT2D eigenvalue weighted by Gasteiger charge is -2.44. The molecule has 0 heterocycles. The second-order valence-corrected chi connectivity index (χ2v) is 14.6. The highest BCUT2D eigenvalue weighted by Gasteiger charge is 2.43. The van der Waals surface area contributed by atoms with Gasteiger partial charge in [0.25, 0.3) is 0 Å². The maximum absolute atomic E-state index is 14.6. The normalized spacial score (nSPS) is 15.2. The van der Waals surface area contributed by atoms with Crippen molar-refractivity contribution in [3.05, 3.63) is 70.8 Å². The van der Waals surface area contributed by atoms with Gasteiger partial charge < -0.3 is 30.7 Å². The molecule has 0 radical (unpaired) electrons. The summed E-state index contributed by atoms with van der Waals surface area (Å²) in [7, 11) is 0. The first-order valence-electron chi connectivity index (χ1n) is 16.6. The van der Waals surface area contributed by atoms with E-state index in [-0.39, 0.29) is 25.3 Å². The van der Waals surface area contributed by atoms with E-state index in [0.29, 0.717) is 18.4 Å². The van der Waals surface area contributed by atoms with E-state index in [2.05, 4.69) is 10.6 Å². The van der Waals surface area contributed by atoms with E-state index in [9.17, 15) is 24.0 Å². The zero-order valence-electron chi connectivity index (χ0n) is 29.6. The van der Waals surface area contributed by atoms with Crippen LogP contribution < -0.4 is 16.4 Å². The van der Waals surface area contributed by atoms with Crippen molar-refractivity contribution in [2.45, 2.75) is 129 Å². The van der Waals surface area contributed by atoms with Crippen LogP contribution in [0.3, 0.4) is 0 Å². The molecule has 3 atom stereocenters. The molecule has 4 N–H and O–H groups in total. The molecule has 1 fully saturated rings. The summed E-state index contributed by atoms with van der Waals surface area (Å²) in [6.45, 7) is 14.2. The van der Waals surface area contributed by atoms with E-state index in [0.717, 1.165) is 23.1 Å². The third kappa shape index (κ3) is 11.4. The van der Waals surface area contributed by atoms with Crippen LogP contribution in [0.4, 0.5) is 4.79 Å². The summed E-state index contributed by atoms with van der Waals surface area (Å²) in [5.41, 5.74) is 7.08. The number of nitrogens with two attached hydrogens (primary N) is 1. The summed E-state index contributed by atoms with van der Waals surface area (Å²) < 4.78 is 11.2.